The van der Waals surface area contributed by atoms with E-state index in [1.165, 1.54) is 0 Å². The first kappa shape index (κ1) is 16.4. The smallest absolute Gasteiger partial charge is 0.213 e. The van der Waals surface area contributed by atoms with Crippen molar-refractivity contribution in [1.82, 2.24) is 10.0 Å². The van der Waals surface area contributed by atoms with Crippen LogP contribution < -0.4 is 10.0 Å². The first-order valence-electron chi connectivity index (χ1n) is 6.29. The van der Waals surface area contributed by atoms with Gasteiger partial charge in [0.2, 0.25) is 10.0 Å². The molecule has 0 fully saturated rings. The van der Waals surface area contributed by atoms with Gasteiger partial charge in [0, 0.05) is 23.7 Å². The molecule has 0 saturated heterocycles. The van der Waals surface area contributed by atoms with Gasteiger partial charge in [-0.2, -0.15) is 0 Å². The van der Waals surface area contributed by atoms with Gasteiger partial charge >= 0.3 is 0 Å². The fraction of sp³-hybridized carbons (Fsp3) is 0.538. The summed E-state index contributed by atoms with van der Waals surface area (Å²) in [4.78, 5) is 0. The van der Waals surface area contributed by atoms with Crippen LogP contribution in [-0.2, 0) is 10.0 Å². The maximum atomic E-state index is 11.9. The van der Waals surface area contributed by atoms with Crippen molar-refractivity contribution in [3.05, 3.63) is 34.9 Å². The lowest BCUT2D eigenvalue weighted by Crippen LogP contribution is -2.35. The van der Waals surface area contributed by atoms with Crippen molar-refractivity contribution in [2.75, 3.05) is 12.3 Å². The van der Waals surface area contributed by atoms with Crippen molar-refractivity contribution in [3.63, 3.8) is 0 Å². The Morgan fingerprint density at radius 3 is 2.42 bits per heavy atom. The molecular weight excluding hydrogens is 284 g/mol. The molecule has 0 aliphatic carbocycles. The zero-order valence-corrected chi connectivity index (χ0v) is 13.1. The molecular formula is C13H21ClN2O2S. The minimum Gasteiger partial charge on any atom is -0.313 e. The first-order valence-corrected chi connectivity index (χ1v) is 8.32. The number of sulfonamides is 1. The van der Waals surface area contributed by atoms with Crippen molar-refractivity contribution in [1.29, 1.82) is 0 Å². The zero-order valence-electron chi connectivity index (χ0n) is 11.5. The summed E-state index contributed by atoms with van der Waals surface area (Å²) in [7, 11) is -3.31. The molecule has 4 nitrogen and oxygen atoms in total. The molecule has 0 radical (unpaired) electrons. The summed E-state index contributed by atoms with van der Waals surface area (Å²) in [6.45, 7) is 6.18. The second-order valence-electron chi connectivity index (χ2n) is 4.79. The summed E-state index contributed by atoms with van der Waals surface area (Å²) in [5.74, 6) is 0.0555. The van der Waals surface area contributed by atoms with E-state index in [1.807, 2.05) is 32.0 Å². The lowest BCUT2D eigenvalue weighted by atomic mass is 10.1. The first-order chi connectivity index (χ1) is 8.82. The molecule has 1 atom stereocenters. The van der Waals surface area contributed by atoms with Crippen molar-refractivity contribution in [2.45, 2.75) is 32.9 Å². The Morgan fingerprint density at radius 2 is 1.84 bits per heavy atom. The number of benzene rings is 1. The van der Waals surface area contributed by atoms with Crippen molar-refractivity contribution >= 4 is 21.6 Å². The zero-order chi connectivity index (χ0) is 14.5. The van der Waals surface area contributed by atoms with Gasteiger partial charge in [0.15, 0.2) is 0 Å². The van der Waals surface area contributed by atoms with Crippen LogP contribution in [0.4, 0.5) is 0 Å². The summed E-state index contributed by atoms with van der Waals surface area (Å²) in [5, 5.41) is 3.65. The quantitative estimate of drug-likeness (QED) is 0.813. The van der Waals surface area contributed by atoms with E-state index in [-0.39, 0.29) is 17.8 Å². The molecule has 1 unspecified atom stereocenters. The minimum absolute atomic E-state index is 0.0555. The summed E-state index contributed by atoms with van der Waals surface area (Å²) < 4.78 is 26.5. The third-order valence-corrected chi connectivity index (χ3v) is 4.45. The molecule has 2 N–H and O–H groups in total. The summed E-state index contributed by atoms with van der Waals surface area (Å²) in [5.41, 5.74) is 0.782. The van der Waals surface area contributed by atoms with Crippen LogP contribution in [0.15, 0.2) is 24.3 Å². The standard InChI is InChI=1S/C13H21ClN2O2S/c1-10(2)15-8-9-19(17,18)16-11(3)12-6-4-5-7-13(12)14/h4-7,10-11,15-16H,8-9H2,1-3H3. The molecule has 0 heterocycles. The minimum atomic E-state index is -3.31. The molecule has 1 aromatic carbocycles. The van der Waals surface area contributed by atoms with E-state index in [2.05, 4.69) is 10.0 Å². The molecule has 0 bridgehead atoms. The van der Waals surface area contributed by atoms with Gasteiger partial charge in [0.25, 0.3) is 0 Å². The van der Waals surface area contributed by atoms with E-state index in [1.54, 1.807) is 13.0 Å². The van der Waals surface area contributed by atoms with Crippen LogP contribution in [0.2, 0.25) is 5.02 Å². The highest BCUT2D eigenvalue weighted by atomic mass is 35.5. The topological polar surface area (TPSA) is 58.2 Å². The summed E-state index contributed by atoms with van der Waals surface area (Å²) in [6.07, 6.45) is 0. The molecule has 0 spiro atoms. The second-order valence-corrected chi connectivity index (χ2v) is 7.07. The Bertz CT molecular complexity index is 503. The molecule has 1 rings (SSSR count). The largest absolute Gasteiger partial charge is 0.313 e. The van der Waals surface area contributed by atoms with Crippen LogP contribution in [0.3, 0.4) is 0 Å². The highest BCUT2D eigenvalue weighted by molar-refractivity contribution is 7.89. The van der Waals surface area contributed by atoms with Crippen LogP contribution >= 0.6 is 11.6 Å². The van der Waals surface area contributed by atoms with Crippen molar-refractivity contribution in [3.8, 4) is 0 Å². The van der Waals surface area contributed by atoms with Crippen LogP contribution in [-0.4, -0.2) is 26.8 Å². The number of halogens is 1. The van der Waals surface area contributed by atoms with Gasteiger partial charge in [0.1, 0.15) is 0 Å². The number of rotatable bonds is 7. The maximum Gasteiger partial charge on any atom is 0.213 e. The number of hydrogen-bond donors (Lipinski definition) is 2. The van der Waals surface area contributed by atoms with Gasteiger partial charge < -0.3 is 5.32 Å². The fourth-order valence-electron chi connectivity index (χ4n) is 1.70. The van der Waals surface area contributed by atoms with Gasteiger partial charge in [-0.1, -0.05) is 43.6 Å². The molecule has 0 saturated carbocycles. The fourth-order valence-corrected chi connectivity index (χ4v) is 3.17. The Morgan fingerprint density at radius 1 is 1.21 bits per heavy atom. The third-order valence-electron chi connectivity index (χ3n) is 2.65. The lowest BCUT2D eigenvalue weighted by molar-refractivity contribution is 0.555. The normalized spacial score (nSPS) is 13.7. The monoisotopic (exact) mass is 304 g/mol. The highest BCUT2D eigenvalue weighted by Crippen LogP contribution is 2.22. The van der Waals surface area contributed by atoms with Crippen LogP contribution in [0.25, 0.3) is 0 Å². The van der Waals surface area contributed by atoms with E-state index >= 15 is 0 Å². The molecule has 1 aromatic rings. The molecule has 0 aliphatic rings. The van der Waals surface area contributed by atoms with E-state index in [0.29, 0.717) is 11.6 Å². The second kappa shape index (κ2) is 7.24. The Hall–Kier alpha value is -0.620. The average molecular weight is 305 g/mol. The number of nitrogens with one attached hydrogen (secondary N) is 2. The van der Waals surface area contributed by atoms with Crippen LogP contribution in [0.5, 0.6) is 0 Å². The maximum absolute atomic E-state index is 11.9. The van der Waals surface area contributed by atoms with Crippen molar-refractivity contribution < 1.29 is 8.42 Å². The molecule has 0 aliphatic heterocycles. The van der Waals surface area contributed by atoms with Gasteiger partial charge in [0.05, 0.1) is 5.75 Å². The predicted octanol–water partition coefficient (Wildman–Crippen LogP) is 2.32. The van der Waals surface area contributed by atoms with E-state index in [0.717, 1.165) is 5.56 Å². The van der Waals surface area contributed by atoms with Gasteiger partial charge in [-0.05, 0) is 18.6 Å². The molecule has 0 amide bonds. The molecule has 108 valence electrons. The third kappa shape index (κ3) is 5.91. The van der Waals surface area contributed by atoms with Gasteiger partial charge in [-0.15, -0.1) is 0 Å². The summed E-state index contributed by atoms with van der Waals surface area (Å²) in [6, 6.07) is 7.17. The summed E-state index contributed by atoms with van der Waals surface area (Å²) >= 11 is 6.05. The Kier molecular flexibility index (Phi) is 6.26. The van der Waals surface area contributed by atoms with Gasteiger partial charge in [-0.3, -0.25) is 0 Å². The Balaban J connectivity index is 2.61. The molecule has 6 heteroatoms. The van der Waals surface area contributed by atoms with Gasteiger partial charge in [-0.25, -0.2) is 13.1 Å². The van der Waals surface area contributed by atoms with E-state index < -0.39 is 10.0 Å². The predicted molar refractivity (Wildman–Crippen MR) is 79.9 cm³/mol. The van der Waals surface area contributed by atoms with Crippen LogP contribution in [0.1, 0.15) is 32.4 Å². The lowest BCUT2D eigenvalue weighted by Gasteiger charge is -2.16. The molecule has 19 heavy (non-hydrogen) atoms. The Labute approximate surface area is 120 Å². The average Bonchev–Trinajstić information content (AvgIpc) is 2.27. The van der Waals surface area contributed by atoms with E-state index in [4.69, 9.17) is 11.6 Å². The van der Waals surface area contributed by atoms with Crippen LogP contribution in [0, 0.1) is 0 Å². The highest BCUT2D eigenvalue weighted by Gasteiger charge is 2.17. The SMILES string of the molecule is CC(C)NCCS(=O)(=O)NC(C)c1ccccc1Cl. The van der Waals surface area contributed by atoms with E-state index in [9.17, 15) is 8.42 Å². The number of hydrogen-bond acceptors (Lipinski definition) is 3. The molecule has 0 aromatic heterocycles. The van der Waals surface area contributed by atoms with Crippen molar-refractivity contribution in [2.24, 2.45) is 0 Å².